The van der Waals surface area contributed by atoms with Crippen molar-refractivity contribution in [3.8, 4) is 0 Å². The fourth-order valence-corrected chi connectivity index (χ4v) is 1.89. The van der Waals surface area contributed by atoms with E-state index >= 15 is 0 Å². The second kappa shape index (κ2) is 5.07. The molecule has 0 aliphatic heterocycles. The largest absolute Gasteiger partial charge is 0.356 e. The highest BCUT2D eigenvalue weighted by atomic mass is 79.9. The molecule has 1 heterocycles. The van der Waals surface area contributed by atoms with Crippen molar-refractivity contribution >= 4 is 37.7 Å². The Bertz CT molecular complexity index is 318. The van der Waals surface area contributed by atoms with Crippen LogP contribution < -0.4 is 4.90 Å². The van der Waals surface area contributed by atoms with E-state index in [1.807, 2.05) is 14.0 Å². The van der Waals surface area contributed by atoms with E-state index in [2.05, 4.69) is 36.8 Å². The quantitative estimate of drug-likeness (QED) is 0.793. The first-order valence-corrected chi connectivity index (χ1v) is 5.88. The van der Waals surface area contributed by atoms with E-state index in [0.717, 1.165) is 0 Å². The molecule has 1 unspecified atom stereocenters. The lowest BCUT2D eigenvalue weighted by atomic mass is 10.4. The first-order valence-electron chi connectivity index (χ1n) is 4.17. The Balaban J connectivity index is 2.84. The molecule has 0 saturated heterocycles. The molecular formula is C9H11Br2FN2. The molecule has 0 aliphatic rings. The third kappa shape index (κ3) is 3.20. The minimum atomic E-state index is -0.310. The summed E-state index contributed by atoms with van der Waals surface area (Å²) < 4.78 is 14.1. The molecule has 0 bridgehead atoms. The Morgan fingerprint density at radius 1 is 1.64 bits per heavy atom. The molecule has 1 aromatic heterocycles. The zero-order chi connectivity index (χ0) is 10.7. The van der Waals surface area contributed by atoms with Crippen LogP contribution in [0.1, 0.15) is 6.92 Å². The molecular weight excluding hydrogens is 315 g/mol. The number of aromatic nitrogens is 1. The highest BCUT2D eigenvalue weighted by molar-refractivity contribution is 9.10. The molecule has 1 atom stereocenters. The fraction of sp³-hybridized carbons (Fsp3) is 0.444. The number of rotatable bonds is 3. The molecule has 0 aromatic carbocycles. The van der Waals surface area contributed by atoms with Gasteiger partial charge >= 0.3 is 0 Å². The molecule has 5 heteroatoms. The van der Waals surface area contributed by atoms with Crippen LogP contribution in [0.25, 0.3) is 0 Å². The lowest BCUT2D eigenvalue weighted by Gasteiger charge is -2.19. The van der Waals surface area contributed by atoms with Crippen LogP contribution in [0.5, 0.6) is 0 Å². The van der Waals surface area contributed by atoms with Gasteiger partial charge in [0.1, 0.15) is 0 Å². The standard InChI is InChI=1S/C9H11Br2FN2/c1-6(10)5-14(2)9-8(12)3-7(11)4-13-9/h3-4,6H,5H2,1-2H3. The van der Waals surface area contributed by atoms with Crippen LogP contribution in [0.15, 0.2) is 16.7 Å². The molecule has 14 heavy (non-hydrogen) atoms. The molecule has 0 amide bonds. The predicted octanol–water partition coefficient (Wildman–Crippen LogP) is 3.20. The first kappa shape index (κ1) is 11.9. The Morgan fingerprint density at radius 3 is 2.79 bits per heavy atom. The molecule has 0 aliphatic carbocycles. The van der Waals surface area contributed by atoms with Crippen LogP contribution >= 0.6 is 31.9 Å². The van der Waals surface area contributed by atoms with Gasteiger partial charge in [0, 0.05) is 29.1 Å². The van der Waals surface area contributed by atoms with Crippen molar-refractivity contribution in [3.63, 3.8) is 0 Å². The van der Waals surface area contributed by atoms with Crippen molar-refractivity contribution in [2.45, 2.75) is 11.8 Å². The van der Waals surface area contributed by atoms with E-state index < -0.39 is 0 Å². The zero-order valence-corrected chi connectivity index (χ0v) is 11.1. The maximum Gasteiger partial charge on any atom is 0.166 e. The summed E-state index contributed by atoms with van der Waals surface area (Å²) in [7, 11) is 1.82. The number of hydrogen-bond acceptors (Lipinski definition) is 2. The topological polar surface area (TPSA) is 16.1 Å². The van der Waals surface area contributed by atoms with Gasteiger partial charge in [-0.25, -0.2) is 9.37 Å². The van der Waals surface area contributed by atoms with E-state index in [1.54, 1.807) is 11.1 Å². The van der Waals surface area contributed by atoms with E-state index in [4.69, 9.17) is 0 Å². The predicted molar refractivity (Wildman–Crippen MR) is 63.6 cm³/mol. The monoisotopic (exact) mass is 324 g/mol. The lowest BCUT2D eigenvalue weighted by molar-refractivity contribution is 0.614. The zero-order valence-electron chi connectivity index (χ0n) is 7.97. The molecule has 2 nitrogen and oxygen atoms in total. The van der Waals surface area contributed by atoms with Gasteiger partial charge in [-0.15, -0.1) is 0 Å². The third-order valence-electron chi connectivity index (χ3n) is 1.68. The maximum atomic E-state index is 13.4. The highest BCUT2D eigenvalue weighted by Gasteiger charge is 2.10. The first-order chi connectivity index (χ1) is 6.50. The smallest absolute Gasteiger partial charge is 0.166 e. The molecule has 0 radical (unpaired) electrons. The lowest BCUT2D eigenvalue weighted by Crippen LogP contribution is -2.25. The number of anilines is 1. The van der Waals surface area contributed by atoms with Crippen LogP contribution in [-0.2, 0) is 0 Å². The Hall–Kier alpha value is -0.160. The van der Waals surface area contributed by atoms with Crippen molar-refractivity contribution in [1.29, 1.82) is 0 Å². The number of alkyl halides is 1. The van der Waals surface area contributed by atoms with Gasteiger partial charge in [0.05, 0.1) is 0 Å². The van der Waals surface area contributed by atoms with Gasteiger partial charge in [-0.1, -0.05) is 22.9 Å². The van der Waals surface area contributed by atoms with E-state index in [0.29, 0.717) is 21.7 Å². The van der Waals surface area contributed by atoms with Crippen LogP contribution in [-0.4, -0.2) is 23.4 Å². The maximum absolute atomic E-state index is 13.4. The summed E-state index contributed by atoms with van der Waals surface area (Å²) in [4.78, 5) is 6.10. The summed E-state index contributed by atoms with van der Waals surface area (Å²) in [5.74, 6) is 0.0644. The SMILES string of the molecule is CC(Br)CN(C)c1ncc(Br)cc1F. The summed E-state index contributed by atoms with van der Waals surface area (Å²) in [6.07, 6.45) is 1.59. The summed E-state index contributed by atoms with van der Waals surface area (Å²) in [6, 6.07) is 1.41. The third-order valence-corrected chi connectivity index (χ3v) is 2.40. The van der Waals surface area contributed by atoms with Gasteiger partial charge in [0.15, 0.2) is 11.6 Å². The van der Waals surface area contributed by atoms with Gasteiger partial charge in [-0.05, 0) is 22.0 Å². The van der Waals surface area contributed by atoms with Crippen molar-refractivity contribution < 1.29 is 4.39 Å². The minimum Gasteiger partial charge on any atom is -0.356 e. The Morgan fingerprint density at radius 2 is 2.29 bits per heavy atom. The number of pyridine rings is 1. The van der Waals surface area contributed by atoms with Crippen LogP contribution in [0.4, 0.5) is 10.2 Å². The molecule has 0 N–H and O–H groups in total. The van der Waals surface area contributed by atoms with Gasteiger partial charge in [0.25, 0.3) is 0 Å². The highest BCUT2D eigenvalue weighted by Crippen LogP contribution is 2.19. The van der Waals surface area contributed by atoms with Gasteiger partial charge in [-0.2, -0.15) is 0 Å². The summed E-state index contributed by atoms with van der Waals surface area (Å²) in [6.45, 7) is 2.72. The van der Waals surface area contributed by atoms with Gasteiger partial charge in [0.2, 0.25) is 0 Å². The number of nitrogens with zero attached hydrogens (tertiary/aromatic N) is 2. The molecule has 0 spiro atoms. The summed E-state index contributed by atoms with van der Waals surface area (Å²) in [5, 5.41) is 0. The normalized spacial score (nSPS) is 12.6. The van der Waals surface area contributed by atoms with Crippen molar-refractivity contribution in [1.82, 2.24) is 4.98 Å². The minimum absolute atomic E-state index is 0.303. The van der Waals surface area contributed by atoms with E-state index in [-0.39, 0.29) is 5.82 Å². The summed E-state index contributed by atoms with van der Waals surface area (Å²) >= 11 is 6.58. The van der Waals surface area contributed by atoms with E-state index in [1.165, 1.54) is 6.07 Å². The van der Waals surface area contributed by atoms with Gasteiger partial charge in [-0.3, -0.25) is 0 Å². The van der Waals surface area contributed by atoms with Crippen molar-refractivity contribution in [2.75, 3.05) is 18.5 Å². The fourth-order valence-electron chi connectivity index (χ4n) is 1.15. The number of halogens is 3. The van der Waals surface area contributed by atoms with Crippen LogP contribution in [0.2, 0.25) is 0 Å². The average molecular weight is 326 g/mol. The van der Waals surface area contributed by atoms with Crippen LogP contribution in [0, 0.1) is 5.82 Å². The Labute approximate surface area is 99.8 Å². The summed E-state index contributed by atoms with van der Waals surface area (Å²) in [5.41, 5.74) is 0. The van der Waals surface area contributed by atoms with Crippen molar-refractivity contribution in [2.24, 2.45) is 0 Å². The van der Waals surface area contributed by atoms with E-state index in [9.17, 15) is 4.39 Å². The second-order valence-electron chi connectivity index (χ2n) is 3.12. The second-order valence-corrected chi connectivity index (χ2v) is 5.60. The molecule has 1 aromatic rings. The number of hydrogen-bond donors (Lipinski definition) is 0. The molecule has 1 rings (SSSR count). The Kier molecular flexibility index (Phi) is 4.31. The van der Waals surface area contributed by atoms with Crippen LogP contribution in [0.3, 0.4) is 0 Å². The molecule has 0 fully saturated rings. The van der Waals surface area contributed by atoms with Gasteiger partial charge < -0.3 is 4.90 Å². The average Bonchev–Trinajstić information content (AvgIpc) is 2.01. The molecule has 78 valence electrons. The van der Waals surface area contributed by atoms with Crippen molar-refractivity contribution in [3.05, 3.63) is 22.6 Å². The molecule has 0 saturated carbocycles.